The molecule has 0 saturated heterocycles. The Morgan fingerprint density at radius 2 is 1.88 bits per heavy atom. The summed E-state index contributed by atoms with van der Waals surface area (Å²) in [6.45, 7) is 0. The predicted molar refractivity (Wildman–Crippen MR) is 82.8 cm³/mol. The minimum absolute atomic E-state index is 0.0755. The molecule has 0 heterocycles. The average molecular weight is 331 g/mol. The van der Waals surface area contributed by atoms with Gasteiger partial charge in [0.15, 0.2) is 11.6 Å². The Hall–Kier alpha value is -2.30. The van der Waals surface area contributed by atoms with E-state index in [4.69, 9.17) is 0 Å². The summed E-state index contributed by atoms with van der Waals surface area (Å²) < 4.78 is 40.1. The maximum absolute atomic E-state index is 13.7. The fourth-order valence-corrected chi connectivity index (χ4v) is 3.63. The number of hydrogen-bond acceptors (Lipinski definition) is 1. The summed E-state index contributed by atoms with van der Waals surface area (Å²) in [6.07, 6.45) is 1.93. The van der Waals surface area contributed by atoms with Gasteiger partial charge in [0, 0.05) is 5.92 Å². The van der Waals surface area contributed by atoms with E-state index < -0.39 is 11.6 Å². The van der Waals surface area contributed by atoms with Crippen LogP contribution in [0.15, 0.2) is 36.4 Å². The molecule has 0 spiro atoms. The van der Waals surface area contributed by atoms with Crippen molar-refractivity contribution in [2.45, 2.75) is 31.2 Å². The van der Waals surface area contributed by atoms with Gasteiger partial charge in [-0.3, -0.25) is 4.79 Å². The molecule has 5 heteroatoms. The number of carbonyl (C=O) groups is 1. The Kier molecular flexibility index (Phi) is 3.59. The van der Waals surface area contributed by atoms with Gasteiger partial charge in [-0.05, 0) is 60.1 Å². The molecular weight excluding hydrogens is 315 g/mol. The molecule has 2 aromatic carbocycles. The van der Waals surface area contributed by atoms with Crippen molar-refractivity contribution in [3.8, 4) is 0 Å². The second-order valence-electron chi connectivity index (χ2n) is 6.53. The molecule has 0 aliphatic heterocycles. The van der Waals surface area contributed by atoms with E-state index in [0.29, 0.717) is 30.4 Å². The lowest BCUT2D eigenvalue weighted by molar-refractivity contribution is -0.123. The van der Waals surface area contributed by atoms with E-state index in [0.717, 1.165) is 17.7 Å². The molecule has 24 heavy (non-hydrogen) atoms. The Labute approximate surface area is 137 Å². The monoisotopic (exact) mass is 331 g/mol. The molecule has 2 aromatic rings. The summed E-state index contributed by atoms with van der Waals surface area (Å²) in [5.41, 5.74) is 2.16. The van der Waals surface area contributed by atoms with E-state index in [2.05, 4.69) is 5.32 Å². The second-order valence-corrected chi connectivity index (χ2v) is 6.53. The van der Waals surface area contributed by atoms with Crippen LogP contribution in [0.4, 0.5) is 13.2 Å². The number of carbonyl (C=O) groups excluding carboxylic acids is 1. The van der Waals surface area contributed by atoms with Crippen molar-refractivity contribution in [2.24, 2.45) is 5.92 Å². The normalized spacial score (nSPS) is 24.5. The summed E-state index contributed by atoms with van der Waals surface area (Å²) in [4.78, 5) is 12.4. The zero-order valence-electron chi connectivity index (χ0n) is 12.9. The highest BCUT2D eigenvalue weighted by atomic mass is 19.2. The van der Waals surface area contributed by atoms with E-state index in [-0.39, 0.29) is 29.6 Å². The molecule has 3 atom stereocenters. The number of benzene rings is 2. The van der Waals surface area contributed by atoms with Crippen LogP contribution in [0.3, 0.4) is 0 Å². The maximum atomic E-state index is 13.7. The SMILES string of the molecule is O=C(NC1CCc2c(F)cccc21)C1CC1c1ccc(F)c(F)c1. The second kappa shape index (κ2) is 5.65. The van der Waals surface area contributed by atoms with Crippen molar-refractivity contribution < 1.29 is 18.0 Å². The molecule has 0 aromatic heterocycles. The Bertz CT molecular complexity index is 820. The third-order valence-electron chi connectivity index (χ3n) is 5.03. The van der Waals surface area contributed by atoms with Gasteiger partial charge in [0.25, 0.3) is 0 Å². The number of fused-ring (bicyclic) bond motifs is 1. The summed E-state index contributed by atoms with van der Waals surface area (Å²) in [7, 11) is 0. The Morgan fingerprint density at radius 1 is 1.04 bits per heavy atom. The zero-order valence-corrected chi connectivity index (χ0v) is 12.9. The highest BCUT2D eigenvalue weighted by Gasteiger charge is 2.45. The van der Waals surface area contributed by atoms with E-state index in [1.165, 1.54) is 12.1 Å². The quantitative estimate of drug-likeness (QED) is 0.904. The lowest BCUT2D eigenvalue weighted by atomic mass is 10.1. The highest BCUT2D eigenvalue weighted by molar-refractivity contribution is 5.83. The largest absolute Gasteiger partial charge is 0.349 e. The number of halogens is 3. The molecule has 1 saturated carbocycles. The number of nitrogens with one attached hydrogen (secondary N) is 1. The molecule has 2 aliphatic carbocycles. The minimum Gasteiger partial charge on any atom is -0.349 e. The maximum Gasteiger partial charge on any atom is 0.224 e. The average Bonchev–Trinajstić information content (AvgIpc) is 3.26. The predicted octanol–water partition coefficient (Wildman–Crippen LogP) is 4.01. The number of hydrogen-bond donors (Lipinski definition) is 1. The third kappa shape index (κ3) is 2.58. The summed E-state index contributed by atoms with van der Waals surface area (Å²) in [5.74, 6) is -2.41. The van der Waals surface area contributed by atoms with Crippen molar-refractivity contribution in [1.29, 1.82) is 0 Å². The van der Waals surface area contributed by atoms with Crippen LogP contribution in [0, 0.1) is 23.4 Å². The van der Waals surface area contributed by atoms with Crippen molar-refractivity contribution >= 4 is 5.91 Å². The van der Waals surface area contributed by atoms with Crippen molar-refractivity contribution in [2.75, 3.05) is 0 Å². The van der Waals surface area contributed by atoms with E-state index >= 15 is 0 Å². The molecule has 0 bridgehead atoms. The smallest absolute Gasteiger partial charge is 0.224 e. The van der Waals surface area contributed by atoms with Crippen molar-refractivity contribution in [3.05, 3.63) is 70.5 Å². The zero-order chi connectivity index (χ0) is 16.8. The standard InChI is InChI=1S/C19H16F3NO/c20-15-3-1-2-12-11(15)5-7-18(12)23-19(24)14-9-13(14)10-4-6-16(21)17(22)8-10/h1-4,6,8,13-14,18H,5,7,9H2,(H,23,24). The molecule has 4 rings (SSSR count). The molecule has 2 aliphatic rings. The van der Waals surface area contributed by atoms with E-state index in [1.807, 2.05) is 6.07 Å². The molecule has 3 unspecified atom stereocenters. The Balaban J connectivity index is 1.44. The van der Waals surface area contributed by atoms with Gasteiger partial charge in [-0.2, -0.15) is 0 Å². The fraction of sp³-hybridized carbons (Fsp3) is 0.316. The van der Waals surface area contributed by atoms with Gasteiger partial charge in [0.1, 0.15) is 5.82 Å². The number of amides is 1. The van der Waals surface area contributed by atoms with Gasteiger partial charge < -0.3 is 5.32 Å². The fourth-order valence-electron chi connectivity index (χ4n) is 3.63. The van der Waals surface area contributed by atoms with Crippen molar-refractivity contribution in [1.82, 2.24) is 5.32 Å². The first-order chi connectivity index (χ1) is 11.5. The van der Waals surface area contributed by atoms with Crippen LogP contribution in [0.2, 0.25) is 0 Å². The van der Waals surface area contributed by atoms with E-state index in [9.17, 15) is 18.0 Å². The summed E-state index contributed by atoms with van der Waals surface area (Å²) in [5, 5.41) is 2.98. The molecule has 0 radical (unpaired) electrons. The molecule has 124 valence electrons. The molecule has 1 N–H and O–H groups in total. The minimum atomic E-state index is -0.890. The first-order valence-corrected chi connectivity index (χ1v) is 8.07. The van der Waals surface area contributed by atoms with Gasteiger partial charge in [-0.15, -0.1) is 0 Å². The van der Waals surface area contributed by atoms with Crippen molar-refractivity contribution in [3.63, 3.8) is 0 Å². The topological polar surface area (TPSA) is 29.1 Å². The lowest BCUT2D eigenvalue weighted by Gasteiger charge is -2.14. The van der Waals surface area contributed by atoms with Crippen LogP contribution in [-0.4, -0.2) is 5.91 Å². The van der Waals surface area contributed by atoms with Gasteiger partial charge in [-0.1, -0.05) is 18.2 Å². The molecular formula is C19H16F3NO. The molecule has 1 fully saturated rings. The van der Waals surface area contributed by atoms with Crippen LogP contribution in [0.25, 0.3) is 0 Å². The summed E-state index contributed by atoms with van der Waals surface area (Å²) in [6, 6.07) is 8.53. The van der Waals surface area contributed by atoms with Gasteiger partial charge >= 0.3 is 0 Å². The first-order valence-electron chi connectivity index (χ1n) is 8.07. The molecule has 2 nitrogen and oxygen atoms in total. The van der Waals surface area contributed by atoms with Crippen LogP contribution < -0.4 is 5.32 Å². The summed E-state index contributed by atoms with van der Waals surface area (Å²) >= 11 is 0. The van der Waals surface area contributed by atoms with Gasteiger partial charge in [0.05, 0.1) is 6.04 Å². The highest BCUT2D eigenvalue weighted by Crippen LogP contribution is 2.48. The van der Waals surface area contributed by atoms with Crippen LogP contribution in [-0.2, 0) is 11.2 Å². The number of rotatable bonds is 3. The van der Waals surface area contributed by atoms with E-state index in [1.54, 1.807) is 6.07 Å². The van der Waals surface area contributed by atoms with Crippen LogP contribution in [0.5, 0.6) is 0 Å². The van der Waals surface area contributed by atoms with Gasteiger partial charge in [0.2, 0.25) is 5.91 Å². The Morgan fingerprint density at radius 3 is 2.67 bits per heavy atom. The van der Waals surface area contributed by atoms with Crippen LogP contribution >= 0.6 is 0 Å². The van der Waals surface area contributed by atoms with Gasteiger partial charge in [-0.25, -0.2) is 13.2 Å². The first kappa shape index (κ1) is 15.2. The van der Waals surface area contributed by atoms with Crippen LogP contribution in [0.1, 0.15) is 41.5 Å². The molecule has 1 amide bonds. The third-order valence-corrected chi connectivity index (χ3v) is 5.03. The lowest BCUT2D eigenvalue weighted by Crippen LogP contribution is -2.28.